The molecule has 4 heteroatoms. The molecule has 0 saturated carbocycles. The maximum Gasteiger partial charge on any atom is 0.229 e. The van der Waals surface area contributed by atoms with Gasteiger partial charge in [0.25, 0.3) is 0 Å². The summed E-state index contributed by atoms with van der Waals surface area (Å²) in [6, 6.07) is -0.0903. The van der Waals surface area contributed by atoms with Crippen molar-refractivity contribution in [3.05, 3.63) is 0 Å². The summed E-state index contributed by atoms with van der Waals surface area (Å²) in [4.78, 5) is 25.1. The Bertz CT molecular complexity index is 248. The Labute approximate surface area is 97.2 Å². The molecule has 2 amide bonds. The number of hydrogen-bond acceptors (Lipinski definition) is 3. The molecular weight excluding hydrogens is 204 g/mol. The molecule has 1 fully saturated rings. The molecule has 1 saturated heterocycles. The van der Waals surface area contributed by atoms with E-state index in [9.17, 15) is 9.59 Å². The number of piperidine rings is 1. The lowest BCUT2D eigenvalue weighted by molar-refractivity contribution is -0.152. The molecule has 2 N–H and O–H groups in total. The van der Waals surface area contributed by atoms with E-state index in [1.54, 1.807) is 0 Å². The third-order valence-electron chi connectivity index (χ3n) is 3.11. The minimum atomic E-state index is -0.0903. The summed E-state index contributed by atoms with van der Waals surface area (Å²) in [7, 11) is 0. The largest absolute Gasteiger partial charge is 0.328 e. The number of amides is 2. The third-order valence-corrected chi connectivity index (χ3v) is 3.11. The highest BCUT2D eigenvalue weighted by Crippen LogP contribution is 2.22. The van der Waals surface area contributed by atoms with Crippen LogP contribution in [-0.4, -0.2) is 29.3 Å². The van der Waals surface area contributed by atoms with E-state index in [1.165, 1.54) is 4.90 Å². The standard InChI is InChI=1S/C12H22N2O2/c1-3-4-5-10(8-13)14-11(15)6-9(2)7-12(14)16/h9-10H,3-8,13H2,1-2H3. The number of likely N-dealkylation sites (tertiary alicyclic amines) is 1. The average molecular weight is 226 g/mol. The van der Waals surface area contributed by atoms with Crippen molar-refractivity contribution in [1.29, 1.82) is 0 Å². The van der Waals surface area contributed by atoms with E-state index in [0.717, 1.165) is 19.3 Å². The molecular formula is C12H22N2O2. The Morgan fingerprint density at radius 1 is 1.38 bits per heavy atom. The summed E-state index contributed by atoms with van der Waals surface area (Å²) in [5, 5.41) is 0. The Balaban J connectivity index is 2.67. The van der Waals surface area contributed by atoms with Crippen LogP contribution in [0.2, 0.25) is 0 Å². The summed E-state index contributed by atoms with van der Waals surface area (Å²) in [5.41, 5.74) is 5.66. The van der Waals surface area contributed by atoms with E-state index in [4.69, 9.17) is 5.73 Å². The number of unbranched alkanes of at least 4 members (excludes halogenated alkanes) is 1. The summed E-state index contributed by atoms with van der Waals surface area (Å²) in [6.45, 7) is 4.41. The summed E-state index contributed by atoms with van der Waals surface area (Å²) < 4.78 is 0. The zero-order chi connectivity index (χ0) is 12.1. The van der Waals surface area contributed by atoms with Crippen LogP contribution in [0.4, 0.5) is 0 Å². The van der Waals surface area contributed by atoms with Gasteiger partial charge >= 0.3 is 0 Å². The van der Waals surface area contributed by atoms with E-state index < -0.39 is 0 Å². The first-order chi connectivity index (χ1) is 7.60. The molecule has 1 atom stereocenters. The van der Waals surface area contributed by atoms with Crippen molar-refractivity contribution in [2.24, 2.45) is 11.7 Å². The maximum atomic E-state index is 11.8. The van der Waals surface area contributed by atoms with Crippen molar-refractivity contribution < 1.29 is 9.59 Å². The molecule has 0 aromatic carbocycles. The van der Waals surface area contributed by atoms with Gasteiger partial charge < -0.3 is 5.73 Å². The average Bonchev–Trinajstić information content (AvgIpc) is 2.21. The van der Waals surface area contributed by atoms with Crippen molar-refractivity contribution in [3.8, 4) is 0 Å². The molecule has 1 aliphatic rings. The minimum Gasteiger partial charge on any atom is -0.328 e. The Hall–Kier alpha value is -0.900. The van der Waals surface area contributed by atoms with Gasteiger partial charge in [0.1, 0.15) is 0 Å². The zero-order valence-corrected chi connectivity index (χ0v) is 10.2. The van der Waals surface area contributed by atoms with Crippen LogP contribution in [-0.2, 0) is 9.59 Å². The highest BCUT2D eigenvalue weighted by atomic mass is 16.2. The van der Waals surface area contributed by atoms with Crippen molar-refractivity contribution in [1.82, 2.24) is 4.90 Å². The van der Waals surface area contributed by atoms with Crippen molar-refractivity contribution in [2.45, 2.75) is 52.0 Å². The first-order valence-electron chi connectivity index (χ1n) is 6.15. The van der Waals surface area contributed by atoms with Gasteiger partial charge in [-0.25, -0.2) is 0 Å². The van der Waals surface area contributed by atoms with E-state index >= 15 is 0 Å². The van der Waals surface area contributed by atoms with Crippen molar-refractivity contribution in [3.63, 3.8) is 0 Å². The third kappa shape index (κ3) is 3.04. The maximum absolute atomic E-state index is 11.8. The number of hydrogen-bond donors (Lipinski definition) is 1. The fraction of sp³-hybridized carbons (Fsp3) is 0.833. The van der Waals surface area contributed by atoms with Crippen LogP contribution in [0.15, 0.2) is 0 Å². The van der Waals surface area contributed by atoms with Crippen LogP contribution in [0.3, 0.4) is 0 Å². The number of nitrogens with zero attached hydrogens (tertiary/aromatic N) is 1. The Morgan fingerprint density at radius 2 is 1.94 bits per heavy atom. The molecule has 0 spiro atoms. The van der Waals surface area contributed by atoms with Crippen LogP contribution in [0.1, 0.15) is 46.0 Å². The number of carbonyl (C=O) groups is 2. The van der Waals surface area contributed by atoms with Gasteiger partial charge in [-0.2, -0.15) is 0 Å². The molecule has 16 heavy (non-hydrogen) atoms. The van der Waals surface area contributed by atoms with E-state index in [-0.39, 0.29) is 23.8 Å². The predicted octanol–water partition coefficient (Wildman–Crippen LogP) is 1.29. The van der Waals surface area contributed by atoms with E-state index in [2.05, 4.69) is 6.92 Å². The fourth-order valence-corrected chi connectivity index (χ4v) is 2.20. The fourth-order valence-electron chi connectivity index (χ4n) is 2.20. The smallest absolute Gasteiger partial charge is 0.229 e. The lowest BCUT2D eigenvalue weighted by Crippen LogP contribution is -2.51. The highest BCUT2D eigenvalue weighted by molar-refractivity contribution is 5.98. The van der Waals surface area contributed by atoms with Gasteiger partial charge in [-0.05, 0) is 12.3 Å². The van der Waals surface area contributed by atoms with Gasteiger partial charge in [-0.1, -0.05) is 26.7 Å². The number of nitrogens with two attached hydrogens (primary N) is 1. The number of carbonyl (C=O) groups excluding carboxylic acids is 2. The molecule has 0 aromatic heterocycles. The SMILES string of the molecule is CCCCC(CN)N1C(=O)CC(C)CC1=O. The molecule has 92 valence electrons. The van der Waals surface area contributed by atoms with Crippen molar-refractivity contribution in [2.75, 3.05) is 6.54 Å². The van der Waals surface area contributed by atoms with Crippen molar-refractivity contribution >= 4 is 11.8 Å². The van der Waals surface area contributed by atoms with Gasteiger partial charge in [-0.3, -0.25) is 14.5 Å². The van der Waals surface area contributed by atoms with E-state index in [0.29, 0.717) is 19.4 Å². The number of rotatable bonds is 5. The van der Waals surface area contributed by atoms with Crippen LogP contribution in [0, 0.1) is 5.92 Å². The van der Waals surface area contributed by atoms with Gasteiger partial charge in [0.2, 0.25) is 11.8 Å². The first kappa shape index (κ1) is 13.2. The highest BCUT2D eigenvalue weighted by Gasteiger charge is 2.34. The van der Waals surface area contributed by atoms with Gasteiger partial charge in [0.05, 0.1) is 6.04 Å². The quantitative estimate of drug-likeness (QED) is 0.718. The predicted molar refractivity (Wildman–Crippen MR) is 62.6 cm³/mol. The Morgan fingerprint density at radius 3 is 2.38 bits per heavy atom. The normalized spacial score (nSPS) is 20.3. The Kier molecular flexibility index (Phi) is 4.93. The monoisotopic (exact) mass is 226 g/mol. The van der Waals surface area contributed by atoms with Crippen LogP contribution >= 0.6 is 0 Å². The molecule has 0 aliphatic carbocycles. The summed E-state index contributed by atoms with van der Waals surface area (Å²) in [6.07, 6.45) is 3.86. The molecule has 1 rings (SSSR count). The van der Waals surface area contributed by atoms with E-state index in [1.807, 2.05) is 6.92 Å². The molecule has 0 radical (unpaired) electrons. The molecule has 0 bridgehead atoms. The lowest BCUT2D eigenvalue weighted by atomic mass is 9.95. The van der Waals surface area contributed by atoms with Gasteiger partial charge in [0.15, 0.2) is 0 Å². The topological polar surface area (TPSA) is 63.4 Å². The first-order valence-corrected chi connectivity index (χ1v) is 6.15. The zero-order valence-electron chi connectivity index (χ0n) is 10.2. The van der Waals surface area contributed by atoms with Gasteiger partial charge in [0, 0.05) is 19.4 Å². The molecule has 4 nitrogen and oxygen atoms in total. The molecule has 0 aromatic rings. The second-order valence-corrected chi connectivity index (χ2v) is 4.70. The molecule has 1 heterocycles. The van der Waals surface area contributed by atoms with Crippen LogP contribution in [0.5, 0.6) is 0 Å². The second kappa shape index (κ2) is 5.99. The second-order valence-electron chi connectivity index (χ2n) is 4.70. The lowest BCUT2D eigenvalue weighted by Gasteiger charge is -2.34. The minimum absolute atomic E-state index is 0.0460. The van der Waals surface area contributed by atoms with Crippen LogP contribution < -0.4 is 5.73 Å². The molecule has 1 unspecified atom stereocenters. The van der Waals surface area contributed by atoms with Gasteiger partial charge in [-0.15, -0.1) is 0 Å². The summed E-state index contributed by atoms with van der Waals surface area (Å²) >= 11 is 0. The van der Waals surface area contributed by atoms with Crippen LogP contribution in [0.25, 0.3) is 0 Å². The molecule has 1 aliphatic heterocycles. The summed E-state index contributed by atoms with van der Waals surface area (Å²) in [5.74, 6) is 0.0893. The number of imide groups is 1.